The first kappa shape index (κ1) is 50.0. The minimum absolute atomic E-state index is 0.205. The van der Waals surface area contributed by atoms with Gasteiger partial charge in [0.05, 0.1) is 28.2 Å². The van der Waals surface area contributed by atoms with Crippen molar-refractivity contribution >= 4 is 92.8 Å². The van der Waals surface area contributed by atoms with Crippen molar-refractivity contribution < 1.29 is 36.0 Å². The number of benzene rings is 4. The van der Waals surface area contributed by atoms with Crippen LogP contribution in [0.5, 0.6) is 0 Å². The van der Waals surface area contributed by atoms with Crippen molar-refractivity contribution in [3.05, 3.63) is 156 Å². The quantitative estimate of drug-likeness (QED) is 0.0602. The van der Waals surface area contributed by atoms with Crippen molar-refractivity contribution in [2.75, 3.05) is 41.1 Å². The standard InChI is InChI=1S/C21H21N5O2.C14H16N4O.C7H5NO.2O2S/c1-14-8-6-7-11-17(14)25-18-12-19(23-13-16(18)20(27)22-2)26-21(28)24-15-9-4-3-5-10-15;1-9-5-3-4-6-11(9)18-12-7-13(15)17-8-10(12)14(19)16-2;9-6-8-7-4-2-1-3-5-7;2*1-3-2/h3-13H,1-2H3,(H,22,27)(H3,23,24,25,26,28);3-8H,1-2H3,(H,16,19)(H3,15,17,18);1-5H;;. The average molecular weight is 879 g/mol. The molecule has 8 N–H and O–H groups in total. The second-order valence-corrected chi connectivity index (χ2v) is 12.2. The highest BCUT2D eigenvalue weighted by Gasteiger charge is 2.15. The molecule has 6 aromatic rings. The number of hydrogen-bond acceptors (Lipinski definition) is 14. The first-order chi connectivity index (χ1) is 29.9. The molecule has 0 bridgehead atoms. The molecule has 0 aliphatic rings. The van der Waals surface area contributed by atoms with Crippen LogP contribution < -0.4 is 37.6 Å². The van der Waals surface area contributed by atoms with Crippen LogP contribution in [-0.4, -0.2) is 64.8 Å². The molecular formula is C42H42N10O8S2. The van der Waals surface area contributed by atoms with E-state index in [0.717, 1.165) is 22.5 Å². The van der Waals surface area contributed by atoms with E-state index >= 15 is 0 Å². The summed E-state index contributed by atoms with van der Waals surface area (Å²) in [5, 5.41) is 17.1. The highest BCUT2D eigenvalue weighted by atomic mass is 32.1. The number of carbonyl (C=O) groups is 3. The van der Waals surface area contributed by atoms with Crippen molar-refractivity contribution in [2.24, 2.45) is 4.99 Å². The Hall–Kier alpha value is -8.19. The highest BCUT2D eigenvalue weighted by molar-refractivity contribution is 7.51. The fourth-order valence-electron chi connectivity index (χ4n) is 4.91. The van der Waals surface area contributed by atoms with E-state index in [1.807, 2.05) is 98.8 Å². The number of nitrogens with two attached hydrogens (primary N) is 1. The van der Waals surface area contributed by atoms with E-state index < -0.39 is 29.2 Å². The maximum Gasteiger partial charge on any atom is 0.335 e. The zero-order valence-corrected chi connectivity index (χ0v) is 35.3. The molecule has 0 atom stereocenters. The third-order valence-electron chi connectivity index (χ3n) is 7.81. The van der Waals surface area contributed by atoms with Crippen LogP contribution >= 0.6 is 0 Å². The van der Waals surface area contributed by atoms with Crippen LogP contribution in [0.3, 0.4) is 0 Å². The topological polar surface area (TPSA) is 273 Å². The van der Waals surface area contributed by atoms with Gasteiger partial charge in [-0.3, -0.25) is 14.9 Å². The predicted molar refractivity (Wildman–Crippen MR) is 240 cm³/mol. The third-order valence-corrected chi connectivity index (χ3v) is 7.81. The van der Waals surface area contributed by atoms with E-state index in [1.165, 1.54) is 18.5 Å². The van der Waals surface area contributed by atoms with Gasteiger partial charge in [0.2, 0.25) is 6.08 Å². The Balaban J connectivity index is 0.000000333. The number of carbonyl (C=O) groups excluding carboxylic acids is 4. The van der Waals surface area contributed by atoms with Crippen molar-refractivity contribution in [2.45, 2.75) is 13.8 Å². The first-order valence-corrected chi connectivity index (χ1v) is 19.2. The van der Waals surface area contributed by atoms with Gasteiger partial charge < -0.3 is 32.3 Å². The molecule has 0 fully saturated rings. The second kappa shape index (κ2) is 28.3. The minimum atomic E-state index is -0.750. The monoisotopic (exact) mass is 878 g/mol. The molecule has 320 valence electrons. The average Bonchev–Trinajstić information content (AvgIpc) is 3.27. The summed E-state index contributed by atoms with van der Waals surface area (Å²) in [7, 11) is 3.13. The lowest BCUT2D eigenvalue weighted by Crippen LogP contribution is -2.22. The number of pyridine rings is 2. The lowest BCUT2D eigenvalue weighted by atomic mass is 10.1. The van der Waals surface area contributed by atoms with Gasteiger partial charge in [0.1, 0.15) is 11.6 Å². The molecule has 4 amide bonds. The minimum Gasteiger partial charge on any atom is -0.384 e. The van der Waals surface area contributed by atoms with Crippen LogP contribution in [0.4, 0.5) is 50.6 Å². The van der Waals surface area contributed by atoms with Gasteiger partial charge in [-0.15, -0.1) is 0 Å². The fourth-order valence-corrected chi connectivity index (χ4v) is 4.91. The molecule has 0 aliphatic carbocycles. The lowest BCUT2D eigenvalue weighted by molar-refractivity contribution is 0.0955. The number of aryl methyl sites for hydroxylation is 2. The summed E-state index contributed by atoms with van der Waals surface area (Å²) in [6.07, 6.45) is 4.35. The van der Waals surface area contributed by atoms with Gasteiger partial charge in [0.25, 0.3) is 11.8 Å². The fraction of sp³-hybridized carbons (Fsp3) is 0.0952. The molecule has 0 aliphatic heterocycles. The Morgan fingerprint density at radius 2 is 1.03 bits per heavy atom. The number of urea groups is 1. The maximum atomic E-state index is 12.2. The van der Waals surface area contributed by atoms with Crippen LogP contribution in [-0.2, 0) is 27.9 Å². The number of aromatic nitrogens is 2. The number of hydrogen-bond donors (Lipinski definition) is 7. The molecule has 20 heteroatoms. The number of isocyanates is 1. The van der Waals surface area contributed by atoms with E-state index in [-0.39, 0.29) is 11.8 Å². The highest BCUT2D eigenvalue weighted by Crippen LogP contribution is 2.26. The second-order valence-electron chi connectivity index (χ2n) is 11.9. The van der Waals surface area contributed by atoms with Gasteiger partial charge in [-0.05, 0) is 61.4 Å². The molecule has 0 spiro atoms. The summed E-state index contributed by atoms with van der Waals surface area (Å²) in [4.78, 5) is 57.4. The first-order valence-electron chi connectivity index (χ1n) is 17.9. The number of para-hydroxylation sites is 4. The van der Waals surface area contributed by atoms with Crippen molar-refractivity contribution in [3.8, 4) is 0 Å². The van der Waals surface area contributed by atoms with E-state index in [4.69, 9.17) is 22.6 Å². The Labute approximate surface area is 364 Å². The molecule has 18 nitrogen and oxygen atoms in total. The smallest absolute Gasteiger partial charge is 0.335 e. The molecule has 62 heavy (non-hydrogen) atoms. The Morgan fingerprint density at radius 1 is 0.597 bits per heavy atom. The van der Waals surface area contributed by atoms with Crippen LogP contribution in [0.25, 0.3) is 0 Å². The van der Waals surface area contributed by atoms with Gasteiger partial charge in [-0.2, -0.15) is 21.8 Å². The maximum absolute atomic E-state index is 12.2. The van der Waals surface area contributed by atoms with Crippen molar-refractivity contribution in [3.63, 3.8) is 0 Å². The normalized spacial score (nSPS) is 9.16. The van der Waals surface area contributed by atoms with E-state index in [1.54, 1.807) is 50.5 Å². The van der Waals surface area contributed by atoms with Crippen molar-refractivity contribution in [1.29, 1.82) is 0 Å². The SMILES string of the molecule is CNC(=O)c1cnc(N)cc1Nc1ccccc1C.CNC(=O)c1cnc(NC(=O)Nc2ccccc2)cc1Nc1ccccc1C.O=C=Nc1ccccc1.O=S=O.O=S=O. The van der Waals surface area contributed by atoms with Crippen LogP contribution in [0.1, 0.15) is 31.8 Å². The van der Waals surface area contributed by atoms with E-state index in [2.05, 4.69) is 46.9 Å². The number of nitrogen functional groups attached to an aromatic ring is 1. The van der Waals surface area contributed by atoms with E-state index in [0.29, 0.717) is 45.5 Å². The molecule has 0 saturated carbocycles. The zero-order valence-electron chi connectivity index (χ0n) is 33.7. The Bertz CT molecular complexity index is 2500. The molecule has 4 aromatic carbocycles. The Morgan fingerprint density at radius 3 is 1.50 bits per heavy atom. The van der Waals surface area contributed by atoms with E-state index in [9.17, 15) is 19.2 Å². The molecule has 6 rings (SSSR count). The Kier molecular flexibility index (Phi) is 22.8. The summed E-state index contributed by atoms with van der Waals surface area (Å²) in [6.45, 7) is 3.96. The largest absolute Gasteiger partial charge is 0.384 e. The van der Waals surface area contributed by atoms with Gasteiger partial charge in [-0.1, -0.05) is 72.8 Å². The van der Waals surface area contributed by atoms with Gasteiger partial charge in [0.15, 0.2) is 0 Å². The molecule has 2 aromatic heterocycles. The summed E-state index contributed by atoms with van der Waals surface area (Å²) >= 11 is -1.50. The zero-order chi connectivity index (χ0) is 45.7. The van der Waals surface area contributed by atoms with Crippen LogP contribution in [0.2, 0.25) is 0 Å². The summed E-state index contributed by atoms with van der Waals surface area (Å²) in [6, 6.07) is 36.5. The number of nitrogens with zero attached hydrogens (tertiary/aromatic N) is 3. The number of aliphatic imine (C=N–C) groups is 1. The predicted octanol–water partition coefficient (Wildman–Crippen LogP) is 6.53. The van der Waals surface area contributed by atoms with Gasteiger partial charge >= 0.3 is 29.2 Å². The molecule has 0 unspecified atom stereocenters. The van der Waals surface area contributed by atoms with Crippen LogP contribution in [0, 0.1) is 13.8 Å². The lowest BCUT2D eigenvalue weighted by Gasteiger charge is -2.15. The summed E-state index contributed by atoms with van der Waals surface area (Å²) in [5.41, 5.74) is 12.9. The summed E-state index contributed by atoms with van der Waals surface area (Å²) < 4.78 is 33.2. The van der Waals surface area contributed by atoms with Gasteiger partial charge in [0, 0.05) is 55.7 Å². The number of anilines is 7. The number of rotatable bonds is 9. The molecule has 0 saturated heterocycles. The number of nitrogens with one attached hydrogen (secondary N) is 6. The molecule has 0 radical (unpaired) electrons. The third kappa shape index (κ3) is 17.7. The van der Waals surface area contributed by atoms with Gasteiger partial charge in [-0.25, -0.2) is 19.6 Å². The molecule has 2 heterocycles. The number of amides is 4. The van der Waals surface area contributed by atoms with Crippen molar-refractivity contribution in [1.82, 2.24) is 20.6 Å². The summed E-state index contributed by atoms with van der Waals surface area (Å²) in [5.74, 6) is 0.202. The molecular weight excluding hydrogens is 837 g/mol. The van der Waals surface area contributed by atoms with Crippen LogP contribution in [0.15, 0.2) is 139 Å².